The van der Waals surface area contributed by atoms with Gasteiger partial charge in [-0.15, -0.1) is 11.3 Å². The maximum atomic E-state index is 12.3. The average Bonchev–Trinajstić information content (AvgIpc) is 2.97. The number of Topliss-reactive ketones (excluding diaryl/α,β-unsaturated/α-hetero) is 2. The Hall–Kier alpha value is -2.47. The van der Waals surface area contributed by atoms with Crippen LogP contribution in [0, 0.1) is 13.8 Å². The Morgan fingerprint density at radius 2 is 1.73 bits per heavy atom. The summed E-state index contributed by atoms with van der Waals surface area (Å²) in [5, 5.41) is 0. The van der Waals surface area contributed by atoms with Gasteiger partial charge in [-0.3, -0.25) is 14.4 Å². The van der Waals surface area contributed by atoms with Crippen LogP contribution in [-0.2, 0) is 9.53 Å². The van der Waals surface area contributed by atoms with Gasteiger partial charge in [-0.25, -0.2) is 0 Å². The highest BCUT2D eigenvalue weighted by atomic mass is 32.1. The minimum Gasteiger partial charge on any atom is -0.497 e. The molecule has 0 saturated heterocycles. The first-order valence-electron chi connectivity index (χ1n) is 8.29. The molecule has 5 nitrogen and oxygen atoms in total. The summed E-state index contributed by atoms with van der Waals surface area (Å²) in [6.45, 7) is 5.35. The number of esters is 1. The lowest BCUT2D eigenvalue weighted by molar-refractivity contribution is -0.146. The molecule has 1 atom stereocenters. The van der Waals surface area contributed by atoms with Crippen molar-refractivity contribution in [1.82, 2.24) is 0 Å². The van der Waals surface area contributed by atoms with Crippen LogP contribution < -0.4 is 4.74 Å². The van der Waals surface area contributed by atoms with E-state index in [9.17, 15) is 14.4 Å². The summed E-state index contributed by atoms with van der Waals surface area (Å²) in [6.07, 6.45) is -0.886. The van der Waals surface area contributed by atoms with Crippen molar-refractivity contribution >= 4 is 28.9 Å². The summed E-state index contributed by atoms with van der Waals surface area (Å²) in [6, 6.07) is 8.42. The molecule has 138 valence electrons. The van der Waals surface area contributed by atoms with Gasteiger partial charge in [0, 0.05) is 27.3 Å². The molecule has 1 heterocycles. The first-order valence-corrected chi connectivity index (χ1v) is 9.11. The normalized spacial score (nSPS) is 11.7. The highest BCUT2D eigenvalue weighted by Crippen LogP contribution is 2.22. The molecule has 0 spiro atoms. The van der Waals surface area contributed by atoms with Gasteiger partial charge in [0.1, 0.15) is 5.75 Å². The van der Waals surface area contributed by atoms with E-state index in [2.05, 4.69) is 0 Å². The molecule has 0 bridgehead atoms. The Kier molecular flexibility index (Phi) is 6.69. The monoisotopic (exact) mass is 374 g/mol. The Balaban J connectivity index is 1.87. The number of hydrogen-bond donors (Lipinski definition) is 0. The molecule has 1 aromatic carbocycles. The number of benzene rings is 1. The molecule has 0 radical (unpaired) electrons. The number of hydrogen-bond acceptors (Lipinski definition) is 6. The van der Waals surface area contributed by atoms with Crippen molar-refractivity contribution in [3.63, 3.8) is 0 Å². The van der Waals surface area contributed by atoms with Crippen LogP contribution in [0.5, 0.6) is 5.75 Å². The van der Waals surface area contributed by atoms with Crippen molar-refractivity contribution in [3.8, 4) is 5.75 Å². The van der Waals surface area contributed by atoms with Crippen LogP contribution >= 0.6 is 11.3 Å². The van der Waals surface area contributed by atoms with Gasteiger partial charge in [0.2, 0.25) is 5.78 Å². The number of aryl methyl sites for hydroxylation is 2. The Morgan fingerprint density at radius 3 is 2.27 bits per heavy atom. The van der Waals surface area contributed by atoms with Crippen molar-refractivity contribution < 1.29 is 23.9 Å². The molecule has 6 heteroatoms. The number of ether oxygens (including phenoxy) is 2. The molecule has 0 N–H and O–H groups in total. The maximum absolute atomic E-state index is 12.3. The number of ketones is 2. The summed E-state index contributed by atoms with van der Waals surface area (Å²) >= 11 is 1.56. The zero-order valence-electron chi connectivity index (χ0n) is 15.3. The zero-order chi connectivity index (χ0) is 19.3. The van der Waals surface area contributed by atoms with Gasteiger partial charge in [0.05, 0.1) is 13.5 Å². The molecule has 26 heavy (non-hydrogen) atoms. The van der Waals surface area contributed by atoms with Crippen LogP contribution in [0.15, 0.2) is 30.3 Å². The second kappa shape index (κ2) is 8.76. The summed E-state index contributed by atoms with van der Waals surface area (Å²) < 4.78 is 10.2. The summed E-state index contributed by atoms with van der Waals surface area (Å²) in [4.78, 5) is 38.5. The fraction of sp³-hybridized carbons (Fsp3) is 0.350. The van der Waals surface area contributed by atoms with Crippen LogP contribution in [-0.4, -0.2) is 30.7 Å². The van der Waals surface area contributed by atoms with Crippen LogP contribution in [0.3, 0.4) is 0 Å². The van der Waals surface area contributed by atoms with Crippen LogP contribution in [0.25, 0.3) is 0 Å². The third kappa shape index (κ3) is 5.02. The maximum Gasteiger partial charge on any atom is 0.306 e. The van der Waals surface area contributed by atoms with Crippen molar-refractivity contribution in [2.45, 2.75) is 39.7 Å². The van der Waals surface area contributed by atoms with Crippen molar-refractivity contribution in [3.05, 3.63) is 51.2 Å². The van der Waals surface area contributed by atoms with Gasteiger partial charge in [-0.05, 0) is 51.1 Å². The molecule has 0 aliphatic heterocycles. The molecule has 0 amide bonds. The van der Waals surface area contributed by atoms with E-state index in [4.69, 9.17) is 9.47 Å². The third-order valence-corrected chi connectivity index (χ3v) is 4.92. The van der Waals surface area contributed by atoms with Crippen LogP contribution in [0.4, 0.5) is 0 Å². The standard InChI is InChI=1S/C20H22O5S/c1-12-11-17(14(3)26-12)18(21)9-10-19(22)25-13(2)20(23)15-5-7-16(24-4)8-6-15/h5-8,11,13H,9-10H2,1-4H3/t13-/m1/s1. The van der Waals surface area contributed by atoms with E-state index in [0.29, 0.717) is 16.9 Å². The topological polar surface area (TPSA) is 69.7 Å². The second-order valence-corrected chi connectivity index (χ2v) is 7.44. The van der Waals surface area contributed by atoms with Crippen LogP contribution in [0.1, 0.15) is 50.2 Å². The van der Waals surface area contributed by atoms with Crippen molar-refractivity contribution in [1.29, 1.82) is 0 Å². The molecule has 1 aromatic heterocycles. The van der Waals surface area contributed by atoms with Crippen molar-refractivity contribution in [2.24, 2.45) is 0 Å². The number of thiophene rings is 1. The first-order chi connectivity index (χ1) is 12.3. The number of carbonyl (C=O) groups excluding carboxylic acids is 3. The lowest BCUT2D eigenvalue weighted by Crippen LogP contribution is -2.24. The summed E-state index contributed by atoms with van der Waals surface area (Å²) in [7, 11) is 1.54. The van der Waals surface area contributed by atoms with E-state index in [-0.39, 0.29) is 24.4 Å². The fourth-order valence-electron chi connectivity index (χ4n) is 2.56. The van der Waals surface area contributed by atoms with E-state index in [1.807, 2.05) is 19.9 Å². The molecule has 0 unspecified atom stereocenters. The number of rotatable bonds is 8. The lowest BCUT2D eigenvalue weighted by atomic mass is 10.1. The van der Waals surface area contributed by atoms with Gasteiger partial charge in [0.25, 0.3) is 0 Å². The molecule has 0 fully saturated rings. The number of methoxy groups -OCH3 is 1. The van der Waals surface area contributed by atoms with E-state index in [1.165, 1.54) is 6.92 Å². The van der Waals surface area contributed by atoms with E-state index in [0.717, 1.165) is 9.75 Å². The quantitative estimate of drug-likeness (QED) is 0.513. The Bertz CT molecular complexity index is 804. The zero-order valence-corrected chi connectivity index (χ0v) is 16.1. The molecule has 2 rings (SSSR count). The lowest BCUT2D eigenvalue weighted by Gasteiger charge is -2.12. The first kappa shape index (κ1) is 19.8. The molecular weight excluding hydrogens is 352 g/mol. The predicted octanol–water partition coefficient (Wildman–Crippen LogP) is 4.15. The summed E-state index contributed by atoms with van der Waals surface area (Å²) in [5.41, 5.74) is 1.09. The minimum absolute atomic E-state index is 0.0482. The van der Waals surface area contributed by atoms with E-state index in [1.54, 1.807) is 42.7 Å². The van der Waals surface area contributed by atoms with E-state index < -0.39 is 12.1 Å². The van der Waals surface area contributed by atoms with Crippen LogP contribution in [0.2, 0.25) is 0 Å². The molecule has 0 aliphatic rings. The SMILES string of the molecule is COc1ccc(C(=O)[C@@H](C)OC(=O)CCC(=O)c2cc(C)sc2C)cc1. The minimum atomic E-state index is -0.906. The Morgan fingerprint density at radius 1 is 1.08 bits per heavy atom. The van der Waals surface area contributed by atoms with Crippen molar-refractivity contribution in [2.75, 3.05) is 7.11 Å². The summed E-state index contributed by atoms with van der Waals surface area (Å²) in [5.74, 6) is -0.296. The van der Waals surface area contributed by atoms with Gasteiger partial charge in [-0.2, -0.15) is 0 Å². The predicted molar refractivity (Wildman–Crippen MR) is 100 cm³/mol. The highest BCUT2D eigenvalue weighted by molar-refractivity contribution is 7.12. The largest absolute Gasteiger partial charge is 0.497 e. The van der Waals surface area contributed by atoms with Gasteiger partial charge in [0.15, 0.2) is 11.9 Å². The number of carbonyl (C=O) groups is 3. The molecular formula is C20H22O5S. The van der Waals surface area contributed by atoms with Gasteiger partial charge >= 0.3 is 5.97 Å². The highest BCUT2D eigenvalue weighted by Gasteiger charge is 2.21. The molecule has 0 saturated carbocycles. The molecule has 0 aliphatic carbocycles. The average molecular weight is 374 g/mol. The van der Waals surface area contributed by atoms with Gasteiger partial charge < -0.3 is 9.47 Å². The smallest absolute Gasteiger partial charge is 0.306 e. The second-order valence-electron chi connectivity index (χ2n) is 5.97. The van der Waals surface area contributed by atoms with E-state index >= 15 is 0 Å². The fourth-order valence-corrected chi connectivity index (χ4v) is 3.50. The Labute approximate surface area is 156 Å². The molecule has 2 aromatic rings. The third-order valence-electron chi connectivity index (χ3n) is 3.95. The van der Waals surface area contributed by atoms with Gasteiger partial charge in [-0.1, -0.05) is 0 Å².